The van der Waals surface area contributed by atoms with Crippen molar-refractivity contribution in [1.29, 1.82) is 0 Å². The molecule has 1 fully saturated rings. The van der Waals surface area contributed by atoms with Crippen molar-refractivity contribution in [2.24, 2.45) is 0 Å². The van der Waals surface area contributed by atoms with Gasteiger partial charge in [-0.15, -0.1) is 0 Å². The largest absolute Gasteiger partial charge is 0.345 e. The second kappa shape index (κ2) is 8.98. The molecular weight excluding hydrogens is 342 g/mol. The summed E-state index contributed by atoms with van der Waals surface area (Å²) in [6.45, 7) is 1.41. The predicted octanol–water partition coefficient (Wildman–Crippen LogP) is 1.90. The van der Waals surface area contributed by atoms with Gasteiger partial charge in [0.15, 0.2) is 0 Å². The third-order valence-corrected chi connectivity index (χ3v) is 4.58. The normalized spacial score (nSPS) is 14.4. The Bertz CT molecular complexity index is 787. The number of benzene rings is 2. The zero-order valence-corrected chi connectivity index (χ0v) is 15.1. The average molecular weight is 365 g/mol. The van der Waals surface area contributed by atoms with Gasteiger partial charge in [0.1, 0.15) is 6.04 Å². The molecule has 3 rings (SSSR count). The lowest BCUT2D eigenvalue weighted by Crippen LogP contribution is -2.44. The Morgan fingerprint density at radius 3 is 2.11 bits per heavy atom. The topological polar surface area (TPSA) is 78.5 Å². The smallest absolute Gasteiger partial charge is 0.252 e. The summed E-state index contributed by atoms with van der Waals surface area (Å²) in [5.74, 6) is -0.842. The van der Waals surface area contributed by atoms with E-state index in [2.05, 4.69) is 10.6 Å². The molecule has 6 heteroatoms. The number of hydrogen-bond acceptors (Lipinski definition) is 3. The summed E-state index contributed by atoms with van der Waals surface area (Å²) in [4.78, 5) is 39.2. The highest BCUT2D eigenvalue weighted by atomic mass is 16.2. The molecule has 1 heterocycles. The number of rotatable bonds is 6. The van der Waals surface area contributed by atoms with Gasteiger partial charge in [-0.25, -0.2) is 0 Å². The third kappa shape index (κ3) is 4.94. The number of nitrogens with one attached hydrogen (secondary N) is 2. The van der Waals surface area contributed by atoms with Crippen molar-refractivity contribution < 1.29 is 14.4 Å². The average Bonchev–Trinajstić information content (AvgIpc) is 3.26. The molecule has 1 aliphatic heterocycles. The van der Waals surface area contributed by atoms with Crippen LogP contribution in [0.15, 0.2) is 60.7 Å². The van der Waals surface area contributed by atoms with Crippen LogP contribution in [0, 0.1) is 0 Å². The maximum atomic E-state index is 12.7. The monoisotopic (exact) mass is 365 g/mol. The Labute approximate surface area is 158 Å². The molecule has 1 aliphatic rings. The second-order valence-corrected chi connectivity index (χ2v) is 6.49. The van der Waals surface area contributed by atoms with Crippen LogP contribution >= 0.6 is 0 Å². The SMILES string of the molecule is O=C(NC(C(=O)NCC(=O)N1CCCC1)c1ccccc1)c1ccccc1. The molecule has 140 valence electrons. The lowest BCUT2D eigenvalue weighted by Gasteiger charge is -2.20. The number of amides is 3. The van der Waals surface area contributed by atoms with Crippen molar-refractivity contribution in [3.05, 3.63) is 71.8 Å². The fourth-order valence-corrected chi connectivity index (χ4v) is 3.09. The minimum atomic E-state index is -0.870. The number of hydrogen-bond donors (Lipinski definition) is 2. The molecule has 1 unspecified atom stereocenters. The Morgan fingerprint density at radius 1 is 0.889 bits per heavy atom. The van der Waals surface area contributed by atoms with Crippen LogP contribution in [0.2, 0.25) is 0 Å². The van der Waals surface area contributed by atoms with Gasteiger partial charge in [-0.1, -0.05) is 48.5 Å². The van der Waals surface area contributed by atoms with Crippen LogP contribution in [0.5, 0.6) is 0 Å². The Balaban J connectivity index is 1.68. The predicted molar refractivity (Wildman–Crippen MR) is 102 cm³/mol. The molecule has 0 aromatic heterocycles. The van der Waals surface area contributed by atoms with Gasteiger partial charge in [-0.3, -0.25) is 14.4 Å². The molecule has 3 amide bonds. The highest BCUT2D eigenvalue weighted by Crippen LogP contribution is 2.14. The van der Waals surface area contributed by atoms with Crippen LogP contribution in [0.25, 0.3) is 0 Å². The summed E-state index contributed by atoms with van der Waals surface area (Å²) in [5.41, 5.74) is 1.13. The van der Waals surface area contributed by atoms with Crippen molar-refractivity contribution in [3.63, 3.8) is 0 Å². The quantitative estimate of drug-likeness (QED) is 0.821. The molecule has 2 aromatic rings. The van der Waals surface area contributed by atoms with Crippen molar-refractivity contribution in [2.75, 3.05) is 19.6 Å². The standard InChI is InChI=1S/C21H23N3O3/c25-18(24-13-7-8-14-24)15-22-21(27)19(16-9-3-1-4-10-16)23-20(26)17-11-5-2-6-12-17/h1-6,9-12,19H,7-8,13-15H2,(H,22,27)(H,23,26). The van der Waals surface area contributed by atoms with Crippen LogP contribution in [-0.4, -0.2) is 42.3 Å². The van der Waals surface area contributed by atoms with Gasteiger partial charge in [-0.2, -0.15) is 0 Å². The van der Waals surface area contributed by atoms with E-state index in [1.807, 2.05) is 12.1 Å². The fraction of sp³-hybridized carbons (Fsp3) is 0.286. The molecule has 1 saturated heterocycles. The zero-order valence-electron chi connectivity index (χ0n) is 15.1. The third-order valence-electron chi connectivity index (χ3n) is 4.58. The van der Waals surface area contributed by atoms with E-state index >= 15 is 0 Å². The van der Waals surface area contributed by atoms with E-state index < -0.39 is 11.9 Å². The van der Waals surface area contributed by atoms with Crippen molar-refractivity contribution >= 4 is 17.7 Å². The summed E-state index contributed by atoms with van der Waals surface area (Å²) < 4.78 is 0. The summed E-state index contributed by atoms with van der Waals surface area (Å²) in [5, 5.41) is 5.44. The number of carbonyl (C=O) groups is 3. The summed E-state index contributed by atoms with van der Waals surface area (Å²) in [6, 6.07) is 16.9. The Kier molecular flexibility index (Phi) is 6.20. The lowest BCUT2D eigenvalue weighted by molar-refractivity contribution is -0.132. The molecule has 0 bridgehead atoms. The first kappa shape index (κ1) is 18.6. The number of nitrogens with zero attached hydrogens (tertiary/aromatic N) is 1. The minimum Gasteiger partial charge on any atom is -0.345 e. The molecule has 0 aliphatic carbocycles. The van der Waals surface area contributed by atoms with Gasteiger partial charge >= 0.3 is 0 Å². The molecule has 0 spiro atoms. The lowest BCUT2D eigenvalue weighted by atomic mass is 10.1. The van der Waals surface area contributed by atoms with E-state index in [0.717, 1.165) is 25.9 Å². The summed E-state index contributed by atoms with van der Waals surface area (Å²) >= 11 is 0. The maximum absolute atomic E-state index is 12.7. The van der Waals surface area contributed by atoms with Crippen LogP contribution < -0.4 is 10.6 Å². The van der Waals surface area contributed by atoms with Gasteiger partial charge in [0, 0.05) is 18.7 Å². The summed E-state index contributed by atoms with van der Waals surface area (Å²) in [6.07, 6.45) is 2.00. The first-order valence-corrected chi connectivity index (χ1v) is 9.11. The van der Waals surface area contributed by atoms with Crippen LogP contribution in [0.3, 0.4) is 0 Å². The Hall–Kier alpha value is -3.15. The first-order chi connectivity index (χ1) is 13.1. The molecule has 0 radical (unpaired) electrons. The van der Waals surface area contributed by atoms with Gasteiger partial charge in [0.05, 0.1) is 6.54 Å². The molecule has 2 N–H and O–H groups in total. The van der Waals surface area contributed by atoms with Crippen molar-refractivity contribution in [3.8, 4) is 0 Å². The van der Waals surface area contributed by atoms with E-state index in [-0.39, 0.29) is 18.4 Å². The van der Waals surface area contributed by atoms with Crippen LogP contribution in [0.4, 0.5) is 0 Å². The maximum Gasteiger partial charge on any atom is 0.252 e. The highest BCUT2D eigenvalue weighted by molar-refractivity contribution is 5.98. The van der Waals surface area contributed by atoms with E-state index in [0.29, 0.717) is 11.1 Å². The van der Waals surface area contributed by atoms with Crippen LogP contribution in [-0.2, 0) is 9.59 Å². The van der Waals surface area contributed by atoms with Crippen LogP contribution in [0.1, 0.15) is 34.8 Å². The number of likely N-dealkylation sites (tertiary alicyclic amines) is 1. The molecule has 6 nitrogen and oxygen atoms in total. The second-order valence-electron chi connectivity index (χ2n) is 6.49. The highest BCUT2D eigenvalue weighted by Gasteiger charge is 2.25. The van der Waals surface area contributed by atoms with Crippen molar-refractivity contribution in [1.82, 2.24) is 15.5 Å². The number of carbonyl (C=O) groups excluding carboxylic acids is 3. The molecular formula is C21H23N3O3. The molecule has 2 aromatic carbocycles. The molecule has 0 saturated carbocycles. The Morgan fingerprint density at radius 2 is 1.48 bits per heavy atom. The van der Waals surface area contributed by atoms with E-state index in [1.165, 1.54) is 0 Å². The van der Waals surface area contributed by atoms with E-state index in [1.54, 1.807) is 53.4 Å². The minimum absolute atomic E-state index is 0.0661. The summed E-state index contributed by atoms with van der Waals surface area (Å²) in [7, 11) is 0. The van der Waals surface area contributed by atoms with Gasteiger partial charge in [0.2, 0.25) is 11.8 Å². The van der Waals surface area contributed by atoms with Gasteiger partial charge in [0.25, 0.3) is 5.91 Å². The fourth-order valence-electron chi connectivity index (χ4n) is 3.09. The van der Waals surface area contributed by atoms with Gasteiger partial charge < -0.3 is 15.5 Å². The zero-order chi connectivity index (χ0) is 19.1. The molecule has 1 atom stereocenters. The van der Waals surface area contributed by atoms with E-state index in [4.69, 9.17) is 0 Å². The molecule has 27 heavy (non-hydrogen) atoms. The van der Waals surface area contributed by atoms with Gasteiger partial charge in [-0.05, 0) is 30.5 Å². The van der Waals surface area contributed by atoms with Crippen molar-refractivity contribution in [2.45, 2.75) is 18.9 Å². The first-order valence-electron chi connectivity index (χ1n) is 9.11. The van der Waals surface area contributed by atoms with E-state index in [9.17, 15) is 14.4 Å².